The van der Waals surface area contributed by atoms with Crippen LogP contribution in [0.15, 0.2) is 12.1 Å². The summed E-state index contributed by atoms with van der Waals surface area (Å²) < 4.78 is 0. The van der Waals surface area contributed by atoms with Crippen molar-refractivity contribution in [2.24, 2.45) is 5.73 Å². The number of nitrogens with one attached hydrogen (secondary N) is 2. The van der Waals surface area contributed by atoms with E-state index in [0.29, 0.717) is 5.82 Å². The summed E-state index contributed by atoms with van der Waals surface area (Å²) in [7, 11) is 1.66. The fraction of sp³-hybridized carbons (Fsp3) is 0.400. The summed E-state index contributed by atoms with van der Waals surface area (Å²) in [6, 6.07) is 2.51. The van der Waals surface area contributed by atoms with Crippen LogP contribution in [-0.2, 0) is 4.79 Å². The lowest BCUT2D eigenvalue weighted by atomic mass is 10.2. The zero-order valence-corrected chi connectivity index (χ0v) is 10.1. The second kappa shape index (κ2) is 5.80. The first-order valence-corrected chi connectivity index (χ1v) is 5.32. The molecule has 0 radical (unpaired) electrons. The van der Waals surface area contributed by atoms with Crippen molar-refractivity contribution in [3.05, 3.63) is 22.2 Å². The van der Waals surface area contributed by atoms with Gasteiger partial charge < -0.3 is 16.4 Å². The highest BCUT2D eigenvalue weighted by Gasteiger charge is 2.18. The van der Waals surface area contributed by atoms with Crippen molar-refractivity contribution in [3.63, 3.8) is 0 Å². The minimum atomic E-state index is -0.536. The number of amides is 1. The van der Waals surface area contributed by atoms with Crippen LogP contribution in [0.5, 0.6) is 0 Å². The summed E-state index contributed by atoms with van der Waals surface area (Å²) in [6.07, 6.45) is 0.0720. The third kappa shape index (κ3) is 3.58. The Balaban J connectivity index is 2.96. The van der Waals surface area contributed by atoms with E-state index in [1.807, 2.05) is 0 Å². The molecule has 98 valence electrons. The number of hydrogen-bond donors (Lipinski definition) is 3. The van der Waals surface area contributed by atoms with Crippen LogP contribution < -0.4 is 16.4 Å². The Hall–Kier alpha value is -2.38. The quantitative estimate of drug-likeness (QED) is 0.506. The molecule has 1 aromatic heterocycles. The molecule has 8 nitrogen and oxygen atoms in total. The molecule has 1 aromatic rings. The number of anilines is 2. The summed E-state index contributed by atoms with van der Waals surface area (Å²) in [6.45, 7) is 1.70. The molecule has 0 saturated carbocycles. The first-order valence-electron chi connectivity index (χ1n) is 5.32. The van der Waals surface area contributed by atoms with Crippen LogP contribution in [0.2, 0.25) is 0 Å². The van der Waals surface area contributed by atoms with Gasteiger partial charge in [0.05, 0.1) is 4.92 Å². The molecule has 0 saturated heterocycles. The zero-order chi connectivity index (χ0) is 13.7. The number of nitrogens with zero attached hydrogens (tertiary/aromatic N) is 2. The van der Waals surface area contributed by atoms with E-state index in [1.165, 1.54) is 12.1 Å². The van der Waals surface area contributed by atoms with Gasteiger partial charge in [0, 0.05) is 25.6 Å². The standard InChI is InChI=1S/C10H15N5O3/c1-6(5-8(11)16)13-10-7(15(17)18)3-4-9(12-2)14-10/h3-4,6H,5H2,1-2H3,(H2,11,16)(H2,12,13,14). The van der Waals surface area contributed by atoms with Crippen LogP contribution in [0.4, 0.5) is 17.3 Å². The number of pyridine rings is 1. The number of carbonyl (C=O) groups excluding carboxylic acids is 1. The number of rotatable bonds is 6. The Morgan fingerprint density at radius 3 is 2.78 bits per heavy atom. The molecule has 18 heavy (non-hydrogen) atoms. The predicted octanol–water partition coefficient (Wildman–Crippen LogP) is 0.707. The molecule has 0 fully saturated rings. The fourth-order valence-corrected chi connectivity index (χ4v) is 1.43. The maximum Gasteiger partial charge on any atom is 0.311 e. The third-order valence-electron chi connectivity index (χ3n) is 2.22. The van der Waals surface area contributed by atoms with Gasteiger partial charge >= 0.3 is 5.69 Å². The number of nitrogens with two attached hydrogens (primary N) is 1. The van der Waals surface area contributed by atoms with Crippen molar-refractivity contribution in [2.75, 3.05) is 17.7 Å². The molecule has 0 aliphatic rings. The molecule has 8 heteroatoms. The Bertz CT molecular complexity index is 463. The van der Waals surface area contributed by atoms with Crippen LogP contribution in [0, 0.1) is 10.1 Å². The van der Waals surface area contributed by atoms with Gasteiger partial charge in [-0.1, -0.05) is 0 Å². The predicted molar refractivity (Wildman–Crippen MR) is 67.3 cm³/mol. The van der Waals surface area contributed by atoms with Crippen molar-refractivity contribution < 1.29 is 9.72 Å². The van der Waals surface area contributed by atoms with Gasteiger partial charge in [-0.25, -0.2) is 4.98 Å². The second-order valence-electron chi connectivity index (χ2n) is 3.79. The van der Waals surface area contributed by atoms with Gasteiger partial charge in [-0.2, -0.15) is 0 Å². The van der Waals surface area contributed by atoms with E-state index >= 15 is 0 Å². The SMILES string of the molecule is CNc1ccc([N+](=O)[O-])c(NC(C)CC(N)=O)n1. The second-order valence-corrected chi connectivity index (χ2v) is 3.79. The molecular weight excluding hydrogens is 238 g/mol. The van der Waals surface area contributed by atoms with Crippen LogP contribution >= 0.6 is 0 Å². The van der Waals surface area contributed by atoms with E-state index in [1.54, 1.807) is 14.0 Å². The Morgan fingerprint density at radius 2 is 2.28 bits per heavy atom. The fourth-order valence-electron chi connectivity index (χ4n) is 1.43. The van der Waals surface area contributed by atoms with Gasteiger partial charge in [0.1, 0.15) is 5.82 Å². The van der Waals surface area contributed by atoms with Crippen LogP contribution in [0.1, 0.15) is 13.3 Å². The summed E-state index contributed by atoms with van der Waals surface area (Å²) in [5, 5.41) is 16.4. The van der Waals surface area contributed by atoms with Crippen LogP contribution in [-0.4, -0.2) is 28.9 Å². The molecule has 4 N–H and O–H groups in total. The third-order valence-corrected chi connectivity index (χ3v) is 2.22. The van der Waals surface area contributed by atoms with Crippen molar-refractivity contribution >= 4 is 23.2 Å². The smallest absolute Gasteiger partial charge is 0.311 e. The van der Waals surface area contributed by atoms with Gasteiger partial charge in [0.2, 0.25) is 11.7 Å². The Labute approximate surface area is 104 Å². The molecule has 1 unspecified atom stereocenters. The zero-order valence-electron chi connectivity index (χ0n) is 10.1. The first kappa shape index (κ1) is 13.7. The number of primary amides is 1. The number of nitro groups is 1. The molecule has 1 rings (SSSR count). The maximum atomic E-state index is 10.8. The first-order chi connectivity index (χ1) is 8.43. The van der Waals surface area contributed by atoms with Gasteiger partial charge in [-0.3, -0.25) is 14.9 Å². The van der Waals surface area contributed by atoms with Gasteiger partial charge in [-0.15, -0.1) is 0 Å². The number of aromatic nitrogens is 1. The van der Waals surface area contributed by atoms with Crippen LogP contribution in [0.3, 0.4) is 0 Å². The summed E-state index contributed by atoms with van der Waals surface area (Å²) in [4.78, 5) is 25.1. The van der Waals surface area contributed by atoms with E-state index in [-0.39, 0.29) is 24.0 Å². The minimum absolute atomic E-state index is 0.0720. The molecule has 1 atom stereocenters. The summed E-state index contributed by atoms with van der Waals surface area (Å²) in [5.74, 6) is 0.123. The van der Waals surface area contributed by atoms with Gasteiger partial charge in [0.15, 0.2) is 0 Å². The van der Waals surface area contributed by atoms with Crippen molar-refractivity contribution in [1.29, 1.82) is 0 Å². The summed E-state index contributed by atoms with van der Waals surface area (Å²) >= 11 is 0. The van der Waals surface area contributed by atoms with Crippen molar-refractivity contribution in [2.45, 2.75) is 19.4 Å². The molecule has 1 amide bonds. The van der Waals surface area contributed by atoms with E-state index in [9.17, 15) is 14.9 Å². The van der Waals surface area contributed by atoms with E-state index in [4.69, 9.17) is 5.73 Å². The van der Waals surface area contributed by atoms with Crippen LogP contribution in [0.25, 0.3) is 0 Å². The minimum Gasteiger partial charge on any atom is -0.373 e. The van der Waals surface area contributed by atoms with Gasteiger partial charge in [-0.05, 0) is 13.0 Å². The average Bonchev–Trinajstić information content (AvgIpc) is 2.27. The average molecular weight is 253 g/mol. The van der Waals surface area contributed by atoms with Gasteiger partial charge in [0.25, 0.3) is 0 Å². The van der Waals surface area contributed by atoms with E-state index < -0.39 is 10.8 Å². The highest BCUT2D eigenvalue weighted by atomic mass is 16.6. The highest BCUT2D eigenvalue weighted by molar-refractivity contribution is 5.75. The van der Waals surface area contributed by atoms with Crippen molar-refractivity contribution in [3.8, 4) is 0 Å². The lowest BCUT2D eigenvalue weighted by molar-refractivity contribution is -0.384. The molecule has 0 aliphatic heterocycles. The maximum absolute atomic E-state index is 10.8. The monoisotopic (exact) mass is 253 g/mol. The van der Waals surface area contributed by atoms with Crippen molar-refractivity contribution in [1.82, 2.24) is 4.98 Å². The Morgan fingerprint density at radius 1 is 1.61 bits per heavy atom. The molecule has 0 spiro atoms. The number of carbonyl (C=O) groups is 1. The highest BCUT2D eigenvalue weighted by Crippen LogP contribution is 2.24. The lowest BCUT2D eigenvalue weighted by Gasteiger charge is -2.13. The number of hydrogen-bond acceptors (Lipinski definition) is 6. The molecular formula is C10H15N5O3. The lowest BCUT2D eigenvalue weighted by Crippen LogP contribution is -2.24. The molecule has 0 bridgehead atoms. The van der Waals surface area contributed by atoms with E-state index in [0.717, 1.165) is 0 Å². The molecule has 0 aromatic carbocycles. The Kier molecular flexibility index (Phi) is 4.41. The largest absolute Gasteiger partial charge is 0.373 e. The molecule has 1 heterocycles. The normalized spacial score (nSPS) is 11.7. The summed E-state index contributed by atoms with van der Waals surface area (Å²) in [5.41, 5.74) is 4.91. The molecule has 0 aliphatic carbocycles. The topological polar surface area (TPSA) is 123 Å². The van der Waals surface area contributed by atoms with E-state index in [2.05, 4.69) is 15.6 Å².